The maximum absolute atomic E-state index is 12.4. The molecule has 0 heterocycles. The fraction of sp³-hybridized carbons (Fsp3) is 0.364. The van der Waals surface area contributed by atoms with E-state index in [2.05, 4.69) is 0 Å². The number of carbonyl (C=O) groups excluding carboxylic acids is 2. The fourth-order valence-electron chi connectivity index (χ4n) is 3.05. The summed E-state index contributed by atoms with van der Waals surface area (Å²) in [6, 6.07) is 11.9. The van der Waals surface area contributed by atoms with Crippen molar-refractivity contribution in [3.8, 4) is 0 Å². The smallest absolute Gasteiger partial charge is 0.164 e. The number of Topliss-reactive ketones (excluding diaryl/α,β-unsaturated/α-hetero) is 2. The molecule has 0 unspecified atom stereocenters. The summed E-state index contributed by atoms with van der Waals surface area (Å²) < 4.78 is 0. The van der Waals surface area contributed by atoms with Crippen LogP contribution in [0.3, 0.4) is 0 Å². The van der Waals surface area contributed by atoms with Crippen LogP contribution in [0.2, 0.25) is 0 Å². The molecule has 0 aliphatic heterocycles. The number of hydrogen-bond acceptors (Lipinski definition) is 2. The van der Waals surface area contributed by atoms with Crippen LogP contribution in [0.15, 0.2) is 36.4 Å². The summed E-state index contributed by atoms with van der Waals surface area (Å²) in [5.74, 6) is 0.782. The summed E-state index contributed by atoms with van der Waals surface area (Å²) >= 11 is 11.5. The Bertz CT molecular complexity index is 729. The van der Waals surface area contributed by atoms with E-state index >= 15 is 0 Å². The first-order chi connectivity index (χ1) is 12.5. The highest BCUT2D eigenvalue weighted by molar-refractivity contribution is 6.20. The lowest BCUT2D eigenvalue weighted by Crippen LogP contribution is -2.09. The average molecular weight is 391 g/mol. The second kappa shape index (κ2) is 9.89. The summed E-state index contributed by atoms with van der Waals surface area (Å²) in [5.41, 5.74) is 5.60. The van der Waals surface area contributed by atoms with Crippen molar-refractivity contribution in [3.05, 3.63) is 69.8 Å². The van der Waals surface area contributed by atoms with E-state index in [4.69, 9.17) is 23.2 Å². The molecule has 2 nitrogen and oxygen atoms in total. The zero-order valence-corrected chi connectivity index (χ0v) is 16.8. The van der Waals surface area contributed by atoms with Crippen LogP contribution in [0, 0.1) is 13.8 Å². The third-order valence-corrected chi connectivity index (χ3v) is 4.82. The van der Waals surface area contributed by atoms with Crippen molar-refractivity contribution in [2.24, 2.45) is 0 Å². The normalized spacial score (nSPS) is 10.8. The molecule has 2 rings (SSSR count). The Morgan fingerprint density at radius 1 is 0.731 bits per heavy atom. The molecule has 0 N–H and O–H groups in total. The number of halogens is 2. The molecule has 0 aliphatic carbocycles. The SMILES string of the molecule is Cc1ccc(CCc2ccc(C)cc2C(=O)CCCl)c(C(=O)CCCl)c1. The molecule has 0 aliphatic rings. The summed E-state index contributed by atoms with van der Waals surface area (Å²) in [6.45, 7) is 3.95. The minimum atomic E-state index is 0.0704. The predicted molar refractivity (Wildman–Crippen MR) is 109 cm³/mol. The van der Waals surface area contributed by atoms with Crippen LogP contribution >= 0.6 is 23.2 Å². The number of ketones is 2. The number of aryl methyl sites for hydroxylation is 4. The van der Waals surface area contributed by atoms with Gasteiger partial charge in [0.15, 0.2) is 11.6 Å². The van der Waals surface area contributed by atoms with Crippen LogP contribution in [-0.4, -0.2) is 23.3 Å². The first kappa shape index (κ1) is 20.7. The van der Waals surface area contributed by atoms with E-state index < -0.39 is 0 Å². The van der Waals surface area contributed by atoms with Crippen LogP contribution in [0.4, 0.5) is 0 Å². The molecule has 2 aromatic rings. The third kappa shape index (κ3) is 5.43. The van der Waals surface area contributed by atoms with E-state index in [1.807, 2.05) is 50.2 Å². The molecule has 0 spiro atoms. The van der Waals surface area contributed by atoms with Crippen molar-refractivity contribution in [1.29, 1.82) is 0 Å². The van der Waals surface area contributed by atoms with Crippen LogP contribution in [0.1, 0.15) is 55.8 Å². The van der Waals surface area contributed by atoms with Crippen LogP contribution in [0.25, 0.3) is 0 Å². The summed E-state index contributed by atoms with van der Waals surface area (Å²) in [6.07, 6.45) is 2.08. The molecule has 0 saturated heterocycles. The van der Waals surface area contributed by atoms with E-state index in [9.17, 15) is 9.59 Å². The van der Waals surface area contributed by atoms with Gasteiger partial charge in [0.25, 0.3) is 0 Å². The molecule has 4 heteroatoms. The topological polar surface area (TPSA) is 34.1 Å². The zero-order valence-electron chi connectivity index (χ0n) is 15.3. The molecule has 138 valence electrons. The van der Waals surface area contributed by atoms with Gasteiger partial charge in [-0.15, -0.1) is 23.2 Å². The molecule has 0 saturated carbocycles. The van der Waals surface area contributed by atoms with Crippen molar-refractivity contribution >= 4 is 34.8 Å². The van der Waals surface area contributed by atoms with Gasteiger partial charge in [-0.1, -0.05) is 35.4 Å². The lowest BCUT2D eigenvalue weighted by molar-refractivity contribution is 0.0979. The maximum Gasteiger partial charge on any atom is 0.164 e. The van der Waals surface area contributed by atoms with Gasteiger partial charge in [-0.05, 0) is 49.9 Å². The molecule has 0 atom stereocenters. The minimum Gasteiger partial charge on any atom is -0.294 e. The lowest BCUT2D eigenvalue weighted by atomic mass is 9.92. The summed E-state index contributed by atoms with van der Waals surface area (Å²) in [5, 5.41) is 0. The number of benzene rings is 2. The van der Waals surface area contributed by atoms with E-state index in [0.29, 0.717) is 37.4 Å². The van der Waals surface area contributed by atoms with E-state index in [1.54, 1.807) is 0 Å². The van der Waals surface area contributed by atoms with E-state index in [0.717, 1.165) is 33.4 Å². The zero-order chi connectivity index (χ0) is 19.1. The van der Waals surface area contributed by atoms with Crippen molar-refractivity contribution in [3.63, 3.8) is 0 Å². The fourth-order valence-corrected chi connectivity index (χ4v) is 3.39. The number of carbonyl (C=O) groups is 2. The van der Waals surface area contributed by atoms with Gasteiger partial charge in [-0.3, -0.25) is 9.59 Å². The molecule has 2 aromatic carbocycles. The minimum absolute atomic E-state index is 0.0704. The molecular weight excluding hydrogens is 367 g/mol. The Balaban J connectivity index is 2.27. The Kier molecular flexibility index (Phi) is 7.86. The van der Waals surface area contributed by atoms with Crippen molar-refractivity contribution in [2.75, 3.05) is 11.8 Å². The van der Waals surface area contributed by atoms with E-state index in [1.165, 1.54) is 0 Å². The van der Waals surface area contributed by atoms with Gasteiger partial charge in [-0.2, -0.15) is 0 Å². The van der Waals surface area contributed by atoms with E-state index in [-0.39, 0.29) is 11.6 Å². The number of rotatable bonds is 9. The number of alkyl halides is 2. The predicted octanol–water partition coefficient (Wildman–Crippen LogP) is 5.71. The Hall–Kier alpha value is -1.64. The van der Waals surface area contributed by atoms with Crippen molar-refractivity contribution in [2.45, 2.75) is 39.5 Å². The third-order valence-electron chi connectivity index (χ3n) is 4.44. The highest BCUT2D eigenvalue weighted by atomic mass is 35.5. The quantitative estimate of drug-likeness (QED) is 0.405. The van der Waals surface area contributed by atoms with Gasteiger partial charge in [-0.25, -0.2) is 0 Å². The Labute approximate surface area is 165 Å². The van der Waals surface area contributed by atoms with Crippen molar-refractivity contribution < 1.29 is 9.59 Å². The van der Waals surface area contributed by atoms with Crippen LogP contribution in [-0.2, 0) is 12.8 Å². The second-order valence-corrected chi connectivity index (χ2v) is 7.30. The molecule has 0 amide bonds. The molecular formula is C22H24Cl2O2. The Morgan fingerprint density at radius 3 is 1.46 bits per heavy atom. The highest BCUT2D eigenvalue weighted by Crippen LogP contribution is 2.20. The van der Waals surface area contributed by atoms with Crippen molar-refractivity contribution in [1.82, 2.24) is 0 Å². The average Bonchev–Trinajstić information content (AvgIpc) is 2.61. The number of hydrogen-bond donors (Lipinski definition) is 0. The maximum atomic E-state index is 12.4. The van der Waals surface area contributed by atoms with Crippen LogP contribution in [0.5, 0.6) is 0 Å². The van der Waals surface area contributed by atoms with Gasteiger partial charge < -0.3 is 0 Å². The monoisotopic (exact) mass is 390 g/mol. The molecule has 0 fully saturated rings. The summed E-state index contributed by atoms with van der Waals surface area (Å²) in [4.78, 5) is 24.8. The van der Waals surface area contributed by atoms with Gasteiger partial charge in [0.1, 0.15) is 0 Å². The highest BCUT2D eigenvalue weighted by Gasteiger charge is 2.14. The summed E-state index contributed by atoms with van der Waals surface area (Å²) in [7, 11) is 0. The lowest BCUT2D eigenvalue weighted by Gasteiger charge is -2.12. The van der Waals surface area contributed by atoms with Gasteiger partial charge >= 0.3 is 0 Å². The first-order valence-corrected chi connectivity index (χ1v) is 9.90. The van der Waals surface area contributed by atoms with Gasteiger partial charge in [0, 0.05) is 35.7 Å². The standard InChI is InChI=1S/C22H24Cl2O2/c1-15-3-5-17(19(13-15)21(25)9-11-23)7-8-18-6-4-16(2)14-20(18)22(26)10-12-24/h3-6,13-14H,7-12H2,1-2H3. The second-order valence-electron chi connectivity index (χ2n) is 6.55. The molecule has 0 aromatic heterocycles. The molecule has 26 heavy (non-hydrogen) atoms. The Morgan fingerprint density at radius 2 is 1.12 bits per heavy atom. The first-order valence-electron chi connectivity index (χ1n) is 8.83. The largest absolute Gasteiger partial charge is 0.294 e. The molecule has 0 radical (unpaired) electrons. The molecule has 0 bridgehead atoms. The van der Waals surface area contributed by atoms with Crippen LogP contribution < -0.4 is 0 Å². The van der Waals surface area contributed by atoms with Gasteiger partial charge in [0.05, 0.1) is 0 Å². The van der Waals surface area contributed by atoms with Gasteiger partial charge in [0.2, 0.25) is 0 Å².